The van der Waals surface area contributed by atoms with Crippen molar-refractivity contribution in [2.75, 3.05) is 6.54 Å². The molecule has 0 fully saturated rings. The molecule has 0 amide bonds. The van der Waals surface area contributed by atoms with Crippen molar-refractivity contribution in [1.29, 1.82) is 0 Å². The van der Waals surface area contributed by atoms with Gasteiger partial charge in [0, 0.05) is 12.7 Å². The first-order valence-corrected chi connectivity index (χ1v) is 5.56. The molecule has 1 unspecified atom stereocenters. The second-order valence-electron chi connectivity index (χ2n) is 3.98. The fourth-order valence-electron chi connectivity index (χ4n) is 1.87. The minimum atomic E-state index is 0.803. The van der Waals surface area contributed by atoms with Crippen LogP contribution in [-0.4, -0.2) is 16.5 Å². The van der Waals surface area contributed by atoms with Gasteiger partial charge < -0.3 is 5.32 Å². The third-order valence-electron chi connectivity index (χ3n) is 2.76. The molecule has 0 spiro atoms. The van der Waals surface area contributed by atoms with Gasteiger partial charge in [-0.2, -0.15) is 0 Å². The monoisotopic (exact) mass is 203 g/mol. The van der Waals surface area contributed by atoms with Crippen LogP contribution in [0.5, 0.6) is 0 Å². The van der Waals surface area contributed by atoms with E-state index in [1.54, 1.807) is 12.5 Å². The van der Waals surface area contributed by atoms with Crippen LogP contribution >= 0.6 is 0 Å². The minimum absolute atomic E-state index is 0.803. The maximum Gasteiger partial charge on any atom is 0.115 e. The van der Waals surface area contributed by atoms with E-state index < -0.39 is 0 Å². The lowest BCUT2D eigenvalue weighted by atomic mass is 9.94. The van der Waals surface area contributed by atoms with Crippen molar-refractivity contribution >= 4 is 0 Å². The molecular formula is C12H17N3. The van der Waals surface area contributed by atoms with Crippen molar-refractivity contribution in [3.05, 3.63) is 36.4 Å². The van der Waals surface area contributed by atoms with Crippen LogP contribution in [0.4, 0.5) is 0 Å². The summed E-state index contributed by atoms with van der Waals surface area (Å²) in [6.07, 6.45) is 11.7. The smallest absolute Gasteiger partial charge is 0.115 e. The SMILES string of the molecule is C1=CCC(CNCc2ccncn2)CC1. The molecule has 1 aromatic rings. The van der Waals surface area contributed by atoms with Gasteiger partial charge in [-0.25, -0.2) is 9.97 Å². The predicted octanol–water partition coefficient (Wildman–Crippen LogP) is 1.92. The van der Waals surface area contributed by atoms with Gasteiger partial charge in [0.1, 0.15) is 6.33 Å². The fraction of sp³-hybridized carbons (Fsp3) is 0.500. The number of nitrogens with one attached hydrogen (secondary N) is 1. The summed E-state index contributed by atoms with van der Waals surface area (Å²) < 4.78 is 0. The van der Waals surface area contributed by atoms with Gasteiger partial charge in [0.05, 0.1) is 5.69 Å². The van der Waals surface area contributed by atoms with Crippen LogP contribution in [0.25, 0.3) is 0 Å². The normalized spacial score (nSPS) is 20.4. The molecule has 1 N–H and O–H groups in total. The predicted molar refractivity (Wildman–Crippen MR) is 60.2 cm³/mol. The van der Waals surface area contributed by atoms with Gasteiger partial charge in [-0.1, -0.05) is 12.2 Å². The van der Waals surface area contributed by atoms with Crippen molar-refractivity contribution in [3.63, 3.8) is 0 Å². The second-order valence-corrected chi connectivity index (χ2v) is 3.98. The third kappa shape index (κ3) is 3.44. The summed E-state index contributed by atoms with van der Waals surface area (Å²) in [5.74, 6) is 0.803. The highest BCUT2D eigenvalue weighted by Crippen LogP contribution is 2.16. The Morgan fingerprint density at radius 3 is 3.13 bits per heavy atom. The molecule has 0 bridgehead atoms. The van der Waals surface area contributed by atoms with Gasteiger partial charge in [0.25, 0.3) is 0 Å². The Hall–Kier alpha value is -1.22. The van der Waals surface area contributed by atoms with Crippen LogP contribution in [0.2, 0.25) is 0 Å². The largest absolute Gasteiger partial charge is 0.311 e. The molecule has 0 saturated carbocycles. The summed E-state index contributed by atoms with van der Waals surface area (Å²) in [6.45, 7) is 1.94. The zero-order chi connectivity index (χ0) is 10.3. The Kier molecular flexibility index (Phi) is 3.85. The van der Waals surface area contributed by atoms with E-state index in [2.05, 4.69) is 27.4 Å². The van der Waals surface area contributed by atoms with Gasteiger partial charge in [-0.3, -0.25) is 0 Å². The average Bonchev–Trinajstić information content (AvgIpc) is 2.32. The first-order valence-electron chi connectivity index (χ1n) is 5.56. The van der Waals surface area contributed by atoms with Crippen molar-refractivity contribution in [2.45, 2.75) is 25.8 Å². The highest BCUT2D eigenvalue weighted by molar-refractivity contribution is 4.97. The summed E-state index contributed by atoms with van der Waals surface area (Å²) in [4.78, 5) is 8.07. The Labute approximate surface area is 90.6 Å². The highest BCUT2D eigenvalue weighted by atomic mass is 14.9. The summed E-state index contributed by atoms with van der Waals surface area (Å²) in [5.41, 5.74) is 1.07. The molecule has 15 heavy (non-hydrogen) atoms. The first kappa shape index (κ1) is 10.3. The summed E-state index contributed by atoms with van der Waals surface area (Å²) >= 11 is 0. The third-order valence-corrected chi connectivity index (χ3v) is 2.76. The van der Waals surface area contributed by atoms with Gasteiger partial charge in [0.15, 0.2) is 0 Å². The quantitative estimate of drug-likeness (QED) is 0.760. The van der Waals surface area contributed by atoms with Crippen LogP contribution < -0.4 is 5.32 Å². The lowest BCUT2D eigenvalue weighted by Crippen LogP contribution is -2.23. The van der Waals surface area contributed by atoms with E-state index in [0.717, 1.165) is 24.7 Å². The van der Waals surface area contributed by atoms with Crippen molar-refractivity contribution in [1.82, 2.24) is 15.3 Å². The molecule has 3 heteroatoms. The van der Waals surface area contributed by atoms with Crippen molar-refractivity contribution < 1.29 is 0 Å². The zero-order valence-electron chi connectivity index (χ0n) is 8.89. The molecule has 1 heterocycles. The molecule has 1 aromatic heterocycles. The van der Waals surface area contributed by atoms with Crippen molar-refractivity contribution in [2.24, 2.45) is 5.92 Å². The summed E-state index contributed by atoms with van der Waals surface area (Å²) in [6, 6.07) is 1.95. The Bertz CT molecular complexity index is 308. The van der Waals surface area contributed by atoms with Crippen LogP contribution in [-0.2, 0) is 6.54 Å². The highest BCUT2D eigenvalue weighted by Gasteiger charge is 2.08. The molecule has 3 nitrogen and oxygen atoms in total. The number of hydrogen-bond donors (Lipinski definition) is 1. The van der Waals surface area contributed by atoms with Crippen LogP contribution in [0.15, 0.2) is 30.7 Å². The van der Waals surface area contributed by atoms with E-state index in [0.29, 0.717) is 0 Å². The molecule has 2 rings (SSSR count). The molecule has 0 aliphatic heterocycles. The van der Waals surface area contributed by atoms with Crippen molar-refractivity contribution in [3.8, 4) is 0 Å². The lowest BCUT2D eigenvalue weighted by Gasteiger charge is -2.17. The Morgan fingerprint density at radius 2 is 2.40 bits per heavy atom. The first-order chi connectivity index (χ1) is 7.45. The minimum Gasteiger partial charge on any atom is -0.311 e. The Morgan fingerprint density at radius 1 is 1.40 bits per heavy atom. The Balaban J connectivity index is 1.68. The van der Waals surface area contributed by atoms with E-state index in [9.17, 15) is 0 Å². The molecule has 0 aromatic carbocycles. The number of nitrogens with zero attached hydrogens (tertiary/aromatic N) is 2. The average molecular weight is 203 g/mol. The number of hydrogen-bond acceptors (Lipinski definition) is 3. The topological polar surface area (TPSA) is 37.8 Å². The van der Waals surface area contributed by atoms with Gasteiger partial charge >= 0.3 is 0 Å². The maximum absolute atomic E-state index is 4.17. The molecule has 1 atom stereocenters. The fourth-order valence-corrected chi connectivity index (χ4v) is 1.87. The maximum atomic E-state index is 4.17. The van der Waals surface area contributed by atoms with Crippen LogP contribution in [0.3, 0.4) is 0 Å². The number of allylic oxidation sites excluding steroid dienone is 2. The van der Waals surface area contributed by atoms with E-state index in [1.807, 2.05) is 6.07 Å². The number of aromatic nitrogens is 2. The lowest BCUT2D eigenvalue weighted by molar-refractivity contribution is 0.439. The van der Waals surface area contributed by atoms with E-state index in [4.69, 9.17) is 0 Å². The summed E-state index contributed by atoms with van der Waals surface area (Å²) in [5, 5.41) is 3.45. The van der Waals surface area contributed by atoms with E-state index >= 15 is 0 Å². The second kappa shape index (κ2) is 5.61. The molecular weight excluding hydrogens is 186 g/mol. The molecule has 0 saturated heterocycles. The van der Waals surface area contributed by atoms with Crippen LogP contribution in [0, 0.1) is 5.92 Å². The number of rotatable bonds is 4. The molecule has 0 radical (unpaired) electrons. The van der Waals surface area contributed by atoms with E-state index in [1.165, 1.54) is 19.3 Å². The zero-order valence-corrected chi connectivity index (χ0v) is 8.89. The van der Waals surface area contributed by atoms with Gasteiger partial charge in [0.2, 0.25) is 0 Å². The standard InChI is InChI=1S/C12H17N3/c1-2-4-11(5-3-1)8-14-9-12-6-7-13-10-15-12/h1-2,6-7,10-11,14H,3-5,8-9H2. The molecule has 1 aliphatic rings. The van der Waals surface area contributed by atoms with Gasteiger partial charge in [-0.05, 0) is 37.8 Å². The molecule has 1 aliphatic carbocycles. The molecule has 80 valence electrons. The van der Waals surface area contributed by atoms with Gasteiger partial charge in [-0.15, -0.1) is 0 Å². The van der Waals surface area contributed by atoms with E-state index in [-0.39, 0.29) is 0 Å². The summed E-state index contributed by atoms with van der Waals surface area (Å²) in [7, 11) is 0. The van der Waals surface area contributed by atoms with Crippen LogP contribution in [0.1, 0.15) is 25.0 Å².